The van der Waals surface area contributed by atoms with E-state index in [0.29, 0.717) is 31.7 Å². The van der Waals surface area contributed by atoms with Crippen LogP contribution in [-0.2, 0) is 16.1 Å². The maximum Gasteiger partial charge on any atom is 0.308 e. The molecule has 1 atom stereocenters. The molecule has 0 unspecified atom stereocenters. The van der Waals surface area contributed by atoms with Crippen molar-refractivity contribution in [1.29, 1.82) is 0 Å². The second-order valence-electron chi connectivity index (χ2n) is 5.06. The van der Waals surface area contributed by atoms with Crippen molar-refractivity contribution in [2.45, 2.75) is 19.4 Å². The lowest BCUT2D eigenvalue weighted by Crippen LogP contribution is -2.42. The number of ether oxygens (including phenoxy) is 1. The monoisotopic (exact) mass is 277 g/mol. The Morgan fingerprint density at radius 2 is 2.05 bits per heavy atom. The number of carbonyl (C=O) groups is 2. The summed E-state index contributed by atoms with van der Waals surface area (Å²) in [7, 11) is 1.62. The SMILES string of the molecule is COCc1ccc(C(=O)N2CCC[C@H](C(=O)O)C2)cc1. The van der Waals surface area contributed by atoms with Crippen LogP contribution in [0.15, 0.2) is 24.3 Å². The third kappa shape index (κ3) is 3.36. The number of benzene rings is 1. The molecule has 0 saturated carbocycles. The van der Waals surface area contributed by atoms with Crippen molar-refractivity contribution in [2.24, 2.45) is 5.92 Å². The van der Waals surface area contributed by atoms with E-state index in [4.69, 9.17) is 9.84 Å². The highest BCUT2D eigenvalue weighted by atomic mass is 16.5. The van der Waals surface area contributed by atoms with Gasteiger partial charge in [-0.3, -0.25) is 9.59 Å². The largest absolute Gasteiger partial charge is 0.481 e. The fourth-order valence-electron chi connectivity index (χ4n) is 2.46. The molecule has 0 aromatic heterocycles. The first-order valence-electron chi connectivity index (χ1n) is 6.71. The van der Waals surface area contributed by atoms with Crippen LogP contribution in [0.4, 0.5) is 0 Å². The first-order chi connectivity index (χ1) is 9.61. The molecular formula is C15H19NO4. The average Bonchev–Trinajstić information content (AvgIpc) is 2.48. The van der Waals surface area contributed by atoms with Crippen LogP contribution < -0.4 is 0 Å². The van der Waals surface area contributed by atoms with Crippen LogP contribution in [0.5, 0.6) is 0 Å². The van der Waals surface area contributed by atoms with Crippen LogP contribution in [0.2, 0.25) is 0 Å². The molecule has 1 aromatic carbocycles. The lowest BCUT2D eigenvalue weighted by Gasteiger charge is -2.30. The summed E-state index contributed by atoms with van der Waals surface area (Å²) in [5, 5.41) is 9.05. The molecule has 5 nitrogen and oxygen atoms in total. The Morgan fingerprint density at radius 1 is 1.35 bits per heavy atom. The first-order valence-corrected chi connectivity index (χ1v) is 6.71. The Morgan fingerprint density at radius 3 is 2.65 bits per heavy atom. The second kappa shape index (κ2) is 6.52. The maximum absolute atomic E-state index is 12.3. The molecule has 1 amide bonds. The first kappa shape index (κ1) is 14.5. The number of aliphatic carboxylic acids is 1. The zero-order chi connectivity index (χ0) is 14.5. The number of amides is 1. The van der Waals surface area contributed by atoms with Gasteiger partial charge in [-0.1, -0.05) is 12.1 Å². The molecule has 0 bridgehead atoms. The summed E-state index contributed by atoms with van der Waals surface area (Å²) in [6.45, 7) is 1.44. The summed E-state index contributed by atoms with van der Waals surface area (Å²) >= 11 is 0. The smallest absolute Gasteiger partial charge is 0.308 e. The summed E-state index contributed by atoms with van der Waals surface area (Å²) in [4.78, 5) is 25.0. The van der Waals surface area contributed by atoms with Gasteiger partial charge in [0.05, 0.1) is 12.5 Å². The van der Waals surface area contributed by atoms with Crippen LogP contribution in [0.25, 0.3) is 0 Å². The second-order valence-corrected chi connectivity index (χ2v) is 5.06. The third-order valence-corrected chi connectivity index (χ3v) is 3.57. The Hall–Kier alpha value is -1.88. The summed E-state index contributed by atoms with van der Waals surface area (Å²) in [5.41, 5.74) is 1.60. The van der Waals surface area contributed by atoms with Crippen LogP contribution in [0, 0.1) is 5.92 Å². The minimum Gasteiger partial charge on any atom is -0.481 e. The van der Waals surface area contributed by atoms with E-state index >= 15 is 0 Å². The van der Waals surface area contributed by atoms with Crippen molar-refractivity contribution >= 4 is 11.9 Å². The van der Waals surface area contributed by atoms with E-state index in [-0.39, 0.29) is 5.91 Å². The molecule has 0 spiro atoms. The van der Waals surface area contributed by atoms with Crippen molar-refractivity contribution in [3.8, 4) is 0 Å². The highest BCUT2D eigenvalue weighted by molar-refractivity contribution is 5.94. The Bertz CT molecular complexity index is 483. The molecule has 1 aromatic rings. The lowest BCUT2D eigenvalue weighted by molar-refractivity contribution is -0.143. The number of hydrogen-bond acceptors (Lipinski definition) is 3. The minimum absolute atomic E-state index is 0.0973. The van der Waals surface area contributed by atoms with E-state index in [1.54, 1.807) is 24.1 Å². The van der Waals surface area contributed by atoms with Gasteiger partial charge in [-0.15, -0.1) is 0 Å². The van der Waals surface area contributed by atoms with Crippen molar-refractivity contribution in [3.63, 3.8) is 0 Å². The number of hydrogen-bond donors (Lipinski definition) is 1. The van der Waals surface area contributed by atoms with Gasteiger partial charge in [0.1, 0.15) is 0 Å². The van der Waals surface area contributed by atoms with Crippen LogP contribution in [-0.4, -0.2) is 42.1 Å². The standard InChI is InChI=1S/C15H19NO4/c1-20-10-11-4-6-12(7-5-11)14(17)16-8-2-3-13(9-16)15(18)19/h4-7,13H,2-3,8-10H2,1H3,(H,18,19)/t13-/m0/s1. The number of carboxylic acid groups (broad SMARTS) is 1. The zero-order valence-corrected chi connectivity index (χ0v) is 11.5. The quantitative estimate of drug-likeness (QED) is 0.910. The molecule has 1 aliphatic rings. The average molecular weight is 277 g/mol. The Kier molecular flexibility index (Phi) is 4.74. The normalized spacial score (nSPS) is 18.9. The van der Waals surface area contributed by atoms with Gasteiger partial charge >= 0.3 is 5.97 Å². The molecule has 1 saturated heterocycles. The zero-order valence-electron chi connectivity index (χ0n) is 11.5. The van der Waals surface area contributed by atoms with Gasteiger partial charge in [0.15, 0.2) is 0 Å². The number of piperidine rings is 1. The van der Waals surface area contributed by atoms with Gasteiger partial charge in [0.25, 0.3) is 5.91 Å². The molecule has 0 radical (unpaired) electrons. The Balaban J connectivity index is 2.04. The van der Waals surface area contributed by atoms with E-state index in [1.165, 1.54) is 0 Å². The highest BCUT2D eigenvalue weighted by Crippen LogP contribution is 2.19. The van der Waals surface area contributed by atoms with E-state index in [1.807, 2.05) is 12.1 Å². The maximum atomic E-state index is 12.3. The minimum atomic E-state index is -0.821. The molecule has 20 heavy (non-hydrogen) atoms. The lowest BCUT2D eigenvalue weighted by atomic mass is 9.97. The number of methoxy groups -OCH3 is 1. The van der Waals surface area contributed by atoms with Crippen molar-refractivity contribution in [1.82, 2.24) is 4.90 Å². The van der Waals surface area contributed by atoms with Gasteiger partial charge in [-0.2, -0.15) is 0 Å². The molecule has 108 valence electrons. The van der Waals surface area contributed by atoms with Gasteiger partial charge in [0.2, 0.25) is 0 Å². The number of likely N-dealkylation sites (tertiary alicyclic amines) is 1. The molecular weight excluding hydrogens is 258 g/mol. The summed E-state index contributed by atoms with van der Waals surface area (Å²) in [5.74, 6) is -1.36. The van der Waals surface area contributed by atoms with Gasteiger partial charge in [-0.05, 0) is 30.5 Å². The molecule has 1 fully saturated rings. The third-order valence-electron chi connectivity index (χ3n) is 3.57. The van der Waals surface area contributed by atoms with Gasteiger partial charge in [0, 0.05) is 25.8 Å². The van der Waals surface area contributed by atoms with Crippen molar-refractivity contribution in [2.75, 3.05) is 20.2 Å². The van der Waals surface area contributed by atoms with Gasteiger partial charge in [-0.25, -0.2) is 0 Å². The molecule has 1 N–H and O–H groups in total. The summed E-state index contributed by atoms with van der Waals surface area (Å²) in [6, 6.07) is 7.24. The van der Waals surface area contributed by atoms with Gasteiger partial charge < -0.3 is 14.7 Å². The summed E-state index contributed by atoms with van der Waals surface area (Å²) < 4.78 is 5.02. The molecule has 5 heteroatoms. The van der Waals surface area contributed by atoms with Crippen LogP contribution in [0.3, 0.4) is 0 Å². The number of rotatable bonds is 4. The highest BCUT2D eigenvalue weighted by Gasteiger charge is 2.28. The van der Waals surface area contributed by atoms with Crippen molar-refractivity contribution < 1.29 is 19.4 Å². The predicted molar refractivity (Wildman–Crippen MR) is 73.4 cm³/mol. The number of nitrogens with zero attached hydrogens (tertiary/aromatic N) is 1. The van der Waals surface area contributed by atoms with Crippen LogP contribution >= 0.6 is 0 Å². The van der Waals surface area contributed by atoms with E-state index in [2.05, 4.69) is 0 Å². The van der Waals surface area contributed by atoms with Crippen LogP contribution in [0.1, 0.15) is 28.8 Å². The van der Waals surface area contributed by atoms with E-state index in [0.717, 1.165) is 12.0 Å². The molecule has 1 aliphatic heterocycles. The van der Waals surface area contributed by atoms with Crippen molar-refractivity contribution in [3.05, 3.63) is 35.4 Å². The fraction of sp³-hybridized carbons (Fsp3) is 0.467. The Labute approximate surface area is 118 Å². The van der Waals surface area contributed by atoms with E-state index < -0.39 is 11.9 Å². The topological polar surface area (TPSA) is 66.8 Å². The predicted octanol–water partition coefficient (Wildman–Crippen LogP) is 1.77. The number of carboxylic acids is 1. The van der Waals surface area contributed by atoms with E-state index in [9.17, 15) is 9.59 Å². The molecule has 2 rings (SSSR count). The molecule has 0 aliphatic carbocycles. The fourth-order valence-corrected chi connectivity index (χ4v) is 2.46. The summed E-state index contributed by atoms with van der Waals surface area (Å²) in [6.07, 6.45) is 1.39. The number of carbonyl (C=O) groups excluding carboxylic acids is 1. The molecule has 1 heterocycles.